The molecule has 1 aliphatic rings. The number of carboxylic acids is 5. The summed E-state index contributed by atoms with van der Waals surface area (Å²) in [7, 11) is 4.04. The second-order valence-electron chi connectivity index (χ2n) is 26.3. The van der Waals surface area contributed by atoms with Crippen LogP contribution in [-0.2, 0) is 70.4 Å². The fraction of sp³-hybridized carbons (Fsp3) is 0.528. The number of carboxylic acid groups (broad SMARTS) is 5. The lowest BCUT2D eigenvalue weighted by molar-refractivity contribution is -0.710. The van der Waals surface area contributed by atoms with Crippen molar-refractivity contribution >= 4 is 95.2 Å². The molecule has 2 aromatic carbocycles. The highest BCUT2D eigenvalue weighted by atomic mass is 19.4. The largest absolute Gasteiger partial charge is 0.542 e. The summed E-state index contributed by atoms with van der Waals surface area (Å²) in [6.45, 7) is 14.1. The first-order valence-electron chi connectivity index (χ1n) is 35.8. The van der Waals surface area contributed by atoms with Crippen molar-refractivity contribution in [3.63, 3.8) is 0 Å². The van der Waals surface area contributed by atoms with E-state index < -0.39 is 132 Å². The minimum absolute atomic E-state index is 0.0260. The van der Waals surface area contributed by atoms with Gasteiger partial charge in [0.05, 0.1) is 25.9 Å². The number of amides is 7. The zero-order valence-corrected chi connectivity index (χ0v) is 65.5. The summed E-state index contributed by atoms with van der Waals surface area (Å²) in [6, 6.07) is 11.1. The van der Waals surface area contributed by atoms with Crippen LogP contribution in [0.15, 0.2) is 82.8 Å². The Kier molecular flexibility index (Phi) is 47.7. The average Bonchev–Trinajstić information content (AvgIpc) is 1.62. The molecular formula is C72H101F12N15O19. The van der Waals surface area contributed by atoms with Gasteiger partial charge in [0.2, 0.25) is 29.5 Å². The summed E-state index contributed by atoms with van der Waals surface area (Å²) in [5, 5.41) is 65.9. The number of carbonyl (C=O) groups excluding carboxylic acids is 7. The molecule has 2 heterocycles. The van der Waals surface area contributed by atoms with Gasteiger partial charge >= 0.3 is 54.6 Å². The van der Waals surface area contributed by atoms with Crippen LogP contribution in [0.3, 0.4) is 0 Å². The Bertz CT molecular complexity index is 3730. The van der Waals surface area contributed by atoms with Crippen molar-refractivity contribution in [2.45, 2.75) is 167 Å². The number of phenols is 1. The minimum Gasteiger partial charge on any atom is -0.542 e. The molecule has 0 aliphatic carbocycles. The fourth-order valence-corrected chi connectivity index (χ4v) is 9.98. The Hall–Kier alpha value is -11.6. The van der Waals surface area contributed by atoms with Gasteiger partial charge in [0.25, 0.3) is 0 Å². The van der Waals surface area contributed by atoms with Gasteiger partial charge in [-0.1, -0.05) is 82.7 Å². The van der Waals surface area contributed by atoms with E-state index in [9.17, 15) is 96.5 Å². The Morgan fingerprint density at radius 1 is 0.653 bits per heavy atom. The summed E-state index contributed by atoms with van der Waals surface area (Å²) < 4.78 is 140. The van der Waals surface area contributed by atoms with Crippen molar-refractivity contribution in [2.75, 3.05) is 71.6 Å². The number of anilines is 1. The zero-order valence-electron chi connectivity index (χ0n) is 65.5. The molecule has 0 radical (unpaired) electrons. The predicted octanol–water partition coefficient (Wildman–Crippen LogP) is 3.45. The number of rotatable bonds is 37. The standard InChI is InChI=1S/C64H97N15O11.4C2HF3O2/c1-9-42(4)55(59(84)74-53(61(86)87)37-41(2)3)75-57(82)52(40-46-22-26-49(80)27-23-46)73-58(83)54-19-14-31-79(54)60(85)51(18-13-28-69-62(66)67)72-56(81)50(65)17-12-29-70-63(68)76-64(88)71-30-33-89-35-36-90-34-32-78-43(5)38-47(39-44(78)6)16-11-10-15-45-20-24-48(25-21-45)77(7)8;4*3-2(4,5)1(6)7/h10-11,15-16,20-27,38-39,41-42,50-55H,9,12-14,17-19,28-37,40,65H2,1-8H3,(H13-,66,67,68,69,70,71,72,73,74,75,76,80,81,82,83,84,86,87,88);4*(H,6,7)/t42-,50-,51-,52-,53-,54-,55-;;;;/m0..../s1. The number of nitrogens with zero attached hydrogens (tertiary/aromatic N) is 5. The fourth-order valence-electron chi connectivity index (χ4n) is 9.98. The molecule has 118 heavy (non-hydrogen) atoms. The molecule has 662 valence electrons. The number of aliphatic imine (C=N–C) groups is 2. The minimum atomic E-state index is -5.19. The lowest BCUT2D eigenvalue weighted by Crippen LogP contribution is -2.60. The number of nitrogens with two attached hydrogens (primary N) is 4. The number of benzene rings is 2. The van der Waals surface area contributed by atoms with Gasteiger partial charge < -0.3 is 104 Å². The third-order valence-corrected chi connectivity index (χ3v) is 16.1. The number of likely N-dealkylation sites (tertiary alicyclic amines) is 1. The molecule has 34 nitrogen and oxygen atoms in total. The van der Waals surface area contributed by atoms with E-state index in [0.29, 0.717) is 44.8 Å². The molecule has 0 spiro atoms. The number of carbonyl (C=O) groups is 11. The summed E-state index contributed by atoms with van der Waals surface area (Å²) in [5.74, 6) is -16.7. The summed E-state index contributed by atoms with van der Waals surface area (Å²) >= 11 is 0. The van der Waals surface area contributed by atoms with Crippen LogP contribution in [0.5, 0.6) is 5.75 Å². The molecule has 7 atom stereocenters. The smallest absolute Gasteiger partial charge is 0.490 e. The van der Waals surface area contributed by atoms with Crippen LogP contribution in [0, 0.1) is 25.7 Å². The van der Waals surface area contributed by atoms with Crippen LogP contribution < -0.4 is 69.4 Å². The number of alkyl halides is 12. The third kappa shape index (κ3) is 45.1. The maximum absolute atomic E-state index is 14.4. The van der Waals surface area contributed by atoms with Crippen LogP contribution >= 0.6 is 0 Å². The second-order valence-corrected chi connectivity index (χ2v) is 26.3. The van der Waals surface area contributed by atoms with E-state index in [1.54, 1.807) is 19.1 Å². The van der Waals surface area contributed by atoms with Crippen LogP contribution in [0.1, 0.15) is 107 Å². The molecule has 0 bridgehead atoms. The quantitative estimate of drug-likeness (QED) is 0.00981. The summed E-state index contributed by atoms with van der Waals surface area (Å²) in [4.78, 5) is 142. The van der Waals surface area contributed by atoms with E-state index in [-0.39, 0.29) is 101 Å². The maximum atomic E-state index is 14.4. The van der Waals surface area contributed by atoms with Gasteiger partial charge in [0.1, 0.15) is 48.5 Å². The van der Waals surface area contributed by atoms with Crippen LogP contribution in [0.2, 0.25) is 0 Å². The van der Waals surface area contributed by atoms with E-state index in [1.165, 1.54) is 17.0 Å². The predicted molar refractivity (Wildman–Crippen MR) is 400 cm³/mol. The van der Waals surface area contributed by atoms with Gasteiger partial charge in [0, 0.05) is 78.4 Å². The maximum Gasteiger partial charge on any atom is 0.490 e. The topological polar surface area (TPSA) is 542 Å². The van der Waals surface area contributed by atoms with Crippen LogP contribution in [0.4, 0.5) is 63.2 Å². The molecule has 46 heteroatoms. The third-order valence-electron chi connectivity index (χ3n) is 16.1. The van der Waals surface area contributed by atoms with Gasteiger partial charge in [0.15, 0.2) is 29.9 Å². The highest BCUT2D eigenvalue weighted by Crippen LogP contribution is 2.23. The first kappa shape index (κ1) is 106. The molecule has 3 aromatic rings. The first-order valence-corrected chi connectivity index (χ1v) is 35.8. The number of phenolic OH excluding ortho intramolecular Hbond substituents is 1. The van der Waals surface area contributed by atoms with Gasteiger partial charge in [-0.15, -0.1) is 0 Å². The molecule has 1 aliphatic heterocycles. The monoisotopic (exact) mass is 1710 g/mol. The second kappa shape index (κ2) is 52.9. The van der Waals surface area contributed by atoms with Crippen molar-refractivity contribution in [1.82, 2.24) is 36.8 Å². The molecule has 4 rings (SSSR count). The number of hydrogen-bond acceptors (Lipinski definition) is 19. The van der Waals surface area contributed by atoms with E-state index in [4.69, 9.17) is 72.0 Å². The number of allylic oxidation sites excluding steroid dienone is 2. The van der Waals surface area contributed by atoms with Crippen molar-refractivity contribution in [2.24, 2.45) is 44.8 Å². The lowest BCUT2D eigenvalue weighted by Gasteiger charge is -2.31. The van der Waals surface area contributed by atoms with E-state index >= 15 is 0 Å². The number of pyridine rings is 1. The van der Waals surface area contributed by atoms with E-state index in [2.05, 4.69) is 114 Å². The van der Waals surface area contributed by atoms with Gasteiger partial charge in [-0.2, -0.15) is 57.3 Å². The molecular weight excluding hydrogens is 1610 g/mol. The highest BCUT2D eigenvalue weighted by Gasteiger charge is 2.42. The number of urea groups is 1. The number of aromatic hydroxyl groups is 1. The average molecular weight is 1710 g/mol. The molecule has 1 saturated heterocycles. The first-order chi connectivity index (χ1) is 54.6. The zero-order chi connectivity index (χ0) is 90.6. The highest BCUT2D eigenvalue weighted by molar-refractivity contribution is 5.97. The van der Waals surface area contributed by atoms with E-state index in [0.717, 1.165) is 28.2 Å². The normalized spacial score (nSPS) is 14.4. The van der Waals surface area contributed by atoms with Crippen LogP contribution in [0.25, 0.3) is 12.2 Å². The van der Waals surface area contributed by atoms with Gasteiger partial charge in [-0.25, -0.2) is 24.0 Å². The number of nitrogens with one attached hydrogen (secondary N) is 6. The Labute approximate surface area is 669 Å². The number of halogens is 12. The van der Waals surface area contributed by atoms with Crippen LogP contribution in [-0.4, -0.2) is 235 Å². The molecule has 1 fully saturated rings. The van der Waals surface area contributed by atoms with Crippen molar-refractivity contribution in [3.05, 3.63) is 101 Å². The number of guanidine groups is 2. The SMILES string of the molecule is CC[C@H](C)[C@H](NC(=O)[C@H](Cc1ccc(O)cc1)NC(=O)[C@@H]1CCCN1C(=O)[C@H](CCCN=C(N)N)NC(=O)[C@@H](N)CCCN=C(N)NC(=O)NCCOCCOCC[n+]1c(C)cc(/C=C/C=C/c2ccc(N(C)C)cc2)cc1C)C(=O)N[C@@H](CC(C)C)C(=O)O.O=C(O)C(F)(F)F.O=C(O)C(F)(F)F.O=C(O)C(F)(F)F.O=C([O-])C(F)(F)F. The Morgan fingerprint density at radius 3 is 1.62 bits per heavy atom. The molecule has 1 aromatic heterocycles. The lowest BCUT2D eigenvalue weighted by atomic mass is 9.96. The van der Waals surface area contributed by atoms with Crippen molar-refractivity contribution in [3.8, 4) is 5.75 Å². The number of hydrogen-bond donors (Lipinski definition) is 15. The molecule has 7 amide bonds. The van der Waals surface area contributed by atoms with E-state index in [1.807, 2.05) is 47.0 Å². The number of ether oxygens (including phenoxy) is 2. The Morgan fingerprint density at radius 2 is 1.14 bits per heavy atom. The summed E-state index contributed by atoms with van der Waals surface area (Å²) in [5.41, 5.74) is 29.6. The molecule has 0 unspecified atom stereocenters. The number of aryl methyl sites for hydroxylation is 2. The van der Waals surface area contributed by atoms with Gasteiger partial charge in [-0.05, 0) is 97.7 Å². The van der Waals surface area contributed by atoms with Gasteiger partial charge in [-0.3, -0.25) is 39.3 Å². The van der Waals surface area contributed by atoms with Crippen molar-refractivity contribution < 1.29 is 150 Å². The number of aromatic nitrogens is 1. The molecule has 0 saturated carbocycles. The van der Waals surface area contributed by atoms with Crippen molar-refractivity contribution in [1.29, 1.82) is 0 Å². The summed E-state index contributed by atoms with van der Waals surface area (Å²) in [6.07, 6.45) is -10.3. The molecule has 19 N–H and O–H groups in total. The number of aliphatic carboxylic acids is 5. The Balaban J connectivity index is 0.00000414.